The summed E-state index contributed by atoms with van der Waals surface area (Å²) in [7, 11) is 0. The molecule has 2 rings (SSSR count). The molecule has 2 heterocycles. The van der Waals surface area contributed by atoms with E-state index in [-0.39, 0.29) is 0 Å². The van der Waals surface area contributed by atoms with E-state index >= 15 is 0 Å². The summed E-state index contributed by atoms with van der Waals surface area (Å²) in [4.78, 5) is 16.3. The molecule has 0 aliphatic heterocycles. The second-order valence-electron chi connectivity index (χ2n) is 3.83. The predicted molar refractivity (Wildman–Crippen MR) is 65.6 cm³/mol. The fourth-order valence-electron chi connectivity index (χ4n) is 1.52. The Morgan fingerprint density at radius 3 is 2.83 bits per heavy atom. The van der Waals surface area contributed by atoms with Gasteiger partial charge in [-0.2, -0.15) is 4.98 Å². The van der Waals surface area contributed by atoms with Crippen molar-refractivity contribution < 1.29 is 14.4 Å². The summed E-state index contributed by atoms with van der Waals surface area (Å²) < 4.78 is 4.85. The molecule has 0 saturated heterocycles. The second kappa shape index (κ2) is 5.28. The maximum Gasteiger partial charge on any atom is 0.345 e. The third-order valence-corrected chi connectivity index (χ3v) is 3.48. The molecule has 96 valence electrons. The zero-order chi connectivity index (χ0) is 13.1. The van der Waals surface area contributed by atoms with Crippen LogP contribution in [0.4, 0.5) is 0 Å². The van der Waals surface area contributed by atoms with E-state index in [2.05, 4.69) is 15.5 Å². The van der Waals surface area contributed by atoms with Gasteiger partial charge in [-0.25, -0.2) is 4.79 Å². The van der Waals surface area contributed by atoms with Crippen LogP contribution in [0, 0.1) is 13.8 Å². The lowest BCUT2D eigenvalue weighted by Gasteiger charge is -2.00. The average molecular weight is 267 g/mol. The number of hydrogen-bond donors (Lipinski definition) is 2. The van der Waals surface area contributed by atoms with Gasteiger partial charge in [0.25, 0.3) is 0 Å². The summed E-state index contributed by atoms with van der Waals surface area (Å²) in [6.07, 6.45) is 0. The topological polar surface area (TPSA) is 88.2 Å². The first-order chi connectivity index (χ1) is 8.56. The predicted octanol–water partition coefficient (Wildman–Crippen LogP) is 1.74. The van der Waals surface area contributed by atoms with Crippen molar-refractivity contribution in [2.45, 2.75) is 26.9 Å². The van der Waals surface area contributed by atoms with Crippen LogP contribution < -0.4 is 5.32 Å². The van der Waals surface area contributed by atoms with Crippen molar-refractivity contribution >= 4 is 17.3 Å². The molecule has 0 unspecified atom stereocenters. The van der Waals surface area contributed by atoms with E-state index in [1.165, 1.54) is 11.3 Å². The van der Waals surface area contributed by atoms with Crippen LogP contribution in [0.25, 0.3) is 0 Å². The number of carbonyl (C=O) groups is 1. The Labute approximate surface area is 108 Å². The van der Waals surface area contributed by atoms with E-state index in [1.54, 1.807) is 13.0 Å². The van der Waals surface area contributed by atoms with Crippen LogP contribution in [-0.4, -0.2) is 21.2 Å². The van der Waals surface area contributed by atoms with Crippen molar-refractivity contribution in [3.63, 3.8) is 0 Å². The Balaban J connectivity index is 1.92. The first-order valence-corrected chi connectivity index (χ1v) is 6.20. The number of aryl methyl sites for hydroxylation is 2. The van der Waals surface area contributed by atoms with Gasteiger partial charge in [0.2, 0.25) is 5.89 Å². The number of nitrogens with zero attached hydrogens (tertiary/aromatic N) is 2. The third kappa shape index (κ3) is 2.93. The Morgan fingerprint density at radius 2 is 2.28 bits per heavy atom. The van der Waals surface area contributed by atoms with Gasteiger partial charge in [0.1, 0.15) is 4.88 Å². The molecule has 2 N–H and O–H groups in total. The molecule has 0 radical (unpaired) electrons. The highest BCUT2D eigenvalue weighted by molar-refractivity contribution is 7.14. The summed E-state index contributed by atoms with van der Waals surface area (Å²) in [5.41, 5.74) is 0.984. The second-order valence-corrected chi connectivity index (χ2v) is 5.09. The number of hydrogen-bond acceptors (Lipinski definition) is 6. The molecule has 0 atom stereocenters. The largest absolute Gasteiger partial charge is 0.477 e. The third-order valence-electron chi connectivity index (χ3n) is 2.40. The quantitative estimate of drug-likeness (QED) is 0.857. The Hall–Kier alpha value is -1.73. The summed E-state index contributed by atoms with van der Waals surface area (Å²) in [6, 6.07) is 1.69. The number of carboxylic acids is 1. The number of thiophene rings is 1. The van der Waals surface area contributed by atoms with Gasteiger partial charge in [-0.1, -0.05) is 5.16 Å². The van der Waals surface area contributed by atoms with Gasteiger partial charge in [-0.15, -0.1) is 11.3 Å². The molecule has 2 aromatic rings. The molecule has 0 aromatic carbocycles. The van der Waals surface area contributed by atoms with Crippen LogP contribution >= 0.6 is 11.3 Å². The normalized spacial score (nSPS) is 10.8. The molecule has 18 heavy (non-hydrogen) atoms. The maximum absolute atomic E-state index is 10.8. The van der Waals surface area contributed by atoms with E-state index in [9.17, 15) is 4.79 Å². The highest BCUT2D eigenvalue weighted by Crippen LogP contribution is 2.21. The zero-order valence-corrected chi connectivity index (χ0v) is 10.9. The average Bonchev–Trinajstić information content (AvgIpc) is 2.87. The molecule has 2 aromatic heterocycles. The Kier molecular flexibility index (Phi) is 3.73. The molecule has 0 aliphatic carbocycles. The molecule has 0 amide bonds. The van der Waals surface area contributed by atoms with Crippen molar-refractivity contribution in [3.05, 3.63) is 33.1 Å². The van der Waals surface area contributed by atoms with Crippen molar-refractivity contribution in [2.75, 3.05) is 0 Å². The zero-order valence-electron chi connectivity index (χ0n) is 10.1. The molecule has 0 fully saturated rings. The minimum Gasteiger partial charge on any atom is -0.477 e. The molecule has 6 nitrogen and oxygen atoms in total. The van der Waals surface area contributed by atoms with Crippen molar-refractivity contribution in [1.82, 2.24) is 15.5 Å². The van der Waals surface area contributed by atoms with Gasteiger partial charge in [-0.05, 0) is 18.6 Å². The van der Waals surface area contributed by atoms with Crippen LogP contribution in [0.1, 0.15) is 31.8 Å². The number of aromatic nitrogens is 2. The van der Waals surface area contributed by atoms with Crippen LogP contribution in [0.2, 0.25) is 0 Å². The number of rotatable bonds is 5. The first-order valence-electron chi connectivity index (χ1n) is 5.39. The van der Waals surface area contributed by atoms with Crippen LogP contribution in [0.5, 0.6) is 0 Å². The van der Waals surface area contributed by atoms with E-state index in [4.69, 9.17) is 9.63 Å². The Bertz CT molecular complexity index is 562. The Morgan fingerprint density at radius 1 is 1.50 bits per heavy atom. The lowest BCUT2D eigenvalue weighted by Crippen LogP contribution is -2.13. The fraction of sp³-hybridized carbons (Fsp3) is 0.364. The van der Waals surface area contributed by atoms with Crippen LogP contribution in [0.3, 0.4) is 0 Å². The lowest BCUT2D eigenvalue weighted by atomic mass is 10.2. The van der Waals surface area contributed by atoms with Gasteiger partial charge in [0.15, 0.2) is 5.82 Å². The SMILES string of the molecule is Cc1nc(CNCc2cc(C(=O)O)sc2C)no1. The van der Waals surface area contributed by atoms with Crippen LogP contribution in [-0.2, 0) is 13.1 Å². The summed E-state index contributed by atoms with van der Waals surface area (Å²) >= 11 is 1.28. The van der Waals surface area contributed by atoms with E-state index < -0.39 is 5.97 Å². The van der Waals surface area contributed by atoms with E-state index in [1.807, 2.05) is 6.92 Å². The molecule has 0 aliphatic rings. The van der Waals surface area contributed by atoms with Crippen molar-refractivity contribution in [1.29, 1.82) is 0 Å². The standard InChI is InChI=1S/C11H13N3O3S/c1-6-8(3-9(18-6)11(15)16)4-12-5-10-13-7(2)17-14-10/h3,12H,4-5H2,1-2H3,(H,15,16). The molecule has 7 heteroatoms. The van der Waals surface area contributed by atoms with Gasteiger partial charge < -0.3 is 14.9 Å². The smallest absolute Gasteiger partial charge is 0.345 e. The summed E-state index contributed by atoms with van der Waals surface area (Å²) in [5.74, 6) is 0.244. The highest BCUT2D eigenvalue weighted by atomic mass is 32.1. The number of carboxylic acid groups (broad SMARTS) is 1. The molecule has 0 spiro atoms. The maximum atomic E-state index is 10.8. The molecule has 0 saturated carbocycles. The monoisotopic (exact) mass is 267 g/mol. The van der Waals surface area contributed by atoms with Crippen molar-refractivity contribution in [2.24, 2.45) is 0 Å². The van der Waals surface area contributed by atoms with Gasteiger partial charge in [0.05, 0.1) is 6.54 Å². The van der Waals surface area contributed by atoms with E-state index in [0.29, 0.717) is 29.7 Å². The van der Waals surface area contributed by atoms with Crippen molar-refractivity contribution in [3.8, 4) is 0 Å². The molecule has 0 bridgehead atoms. The minimum absolute atomic E-state index is 0.361. The molecular formula is C11H13N3O3S. The number of aromatic carboxylic acids is 1. The first kappa shape index (κ1) is 12.7. The van der Waals surface area contributed by atoms with Crippen LogP contribution in [0.15, 0.2) is 10.6 Å². The van der Waals surface area contributed by atoms with Gasteiger partial charge in [-0.3, -0.25) is 0 Å². The number of nitrogens with one attached hydrogen (secondary N) is 1. The van der Waals surface area contributed by atoms with Gasteiger partial charge in [0, 0.05) is 18.3 Å². The highest BCUT2D eigenvalue weighted by Gasteiger charge is 2.11. The summed E-state index contributed by atoms with van der Waals surface area (Å²) in [6.45, 7) is 4.73. The molecular weight excluding hydrogens is 254 g/mol. The minimum atomic E-state index is -0.886. The fourth-order valence-corrected chi connectivity index (χ4v) is 2.40. The van der Waals surface area contributed by atoms with E-state index in [0.717, 1.165) is 10.4 Å². The lowest BCUT2D eigenvalue weighted by molar-refractivity contribution is 0.0702. The van der Waals surface area contributed by atoms with Gasteiger partial charge >= 0.3 is 5.97 Å². The summed E-state index contributed by atoms with van der Waals surface area (Å²) in [5, 5.41) is 15.8.